The average Bonchev–Trinajstić information content (AvgIpc) is 2.94. The molecule has 1 aromatic rings. The number of amides is 1. The average molecular weight is 278 g/mol. The third kappa shape index (κ3) is 3.51. The molecule has 3 nitrogen and oxygen atoms in total. The molecule has 0 aliphatic heterocycles. The molecule has 2 rings (SSSR count). The van der Waals surface area contributed by atoms with Gasteiger partial charge in [-0.1, -0.05) is 43.2 Å². The van der Waals surface area contributed by atoms with Crippen LogP contribution in [0.4, 0.5) is 0 Å². The number of benzene rings is 1. The zero-order chi connectivity index (χ0) is 13.7. The fraction of sp³-hybridized carbons (Fsp3) is 0.533. The van der Waals surface area contributed by atoms with Crippen LogP contribution in [0.2, 0.25) is 0 Å². The summed E-state index contributed by atoms with van der Waals surface area (Å²) >= 11 is 1.87. The van der Waals surface area contributed by atoms with Gasteiger partial charge in [0.2, 0.25) is 5.91 Å². The second-order valence-electron chi connectivity index (χ2n) is 5.20. The van der Waals surface area contributed by atoms with Crippen LogP contribution < -0.4 is 11.1 Å². The maximum Gasteiger partial charge on any atom is 0.241 e. The summed E-state index contributed by atoms with van der Waals surface area (Å²) in [5, 5.41) is 3.03. The second kappa shape index (κ2) is 6.44. The summed E-state index contributed by atoms with van der Waals surface area (Å²) in [5.74, 6) is -0.0773. The SMILES string of the molecule is CSC1(CNC(=O)C(N)c2ccccc2)CCCC1. The van der Waals surface area contributed by atoms with E-state index in [2.05, 4.69) is 11.6 Å². The van der Waals surface area contributed by atoms with E-state index in [1.165, 1.54) is 25.7 Å². The van der Waals surface area contributed by atoms with Crippen molar-refractivity contribution in [3.63, 3.8) is 0 Å². The molecule has 1 aliphatic rings. The third-order valence-electron chi connectivity index (χ3n) is 3.97. The Morgan fingerprint density at radius 1 is 1.37 bits per heavy atom. The molecule has 1 atom stereocenters. The van der Waals surface area contributed by atoms with E-state index in [-0.39, 0.29) is 10.7 Å². The molecule has 1 aromatic carbocycles. The van der Waals surface area contributed by atoms with Crippen molar-refractivity contribution >= 4 is 17.7 Å². The van der Waals surface area contributed by atoms with Crippen molar-refractivity contribution < 1.29 is 4.79 Å². The van der Waals surface area contributed by atoms with Gasteiger partial charge in [0, 0.05) is 11.3 Å². The van der Waals surface area contributed by atoms with Gasteiger partial charge in [0.1, 0.15) is 6.04 Å². The van der Waals surface area contributed by atoms with Crippen LogP contribution in [0.25, 0.3) is 0 Å². The standard InChI is InChI=1S/C15H22N2OS/c1-19-15(9-5-6-10-15)11-17-14(18)13(16)12-7-3-2-4-8-12/h2-4,7-8,13H,5-6,9-11,16H2,1H3,(H,17,18). The molecule has 0 bridgehead atoms. The number of thioether (sulfide) groups is 1. The van der Waals surface area contributed by atoms with Crippen LogP contribution in [0, 0.1) is 0 Å². The third-order valence-corrected chi connectivity index (χ3v) is 5.39. The van der Waals surface area contributed by atoms with Gasteiger partial charge in [-0.15, -0.1) is 0 Å². The van der Waals surface area contributed by atoms with Crippen LogP contribution in [-0.4, -0.2) is 23.5 Å². The largest absolute Gasteiger partial charge is 0.353 e. The van der Waals surface area contributed by atoms with E-state index in [9.17, 15) is 4.79 Å². The number of hydrogen-bond acceptors (Lipinski definition) is 3. The monoisotopic (exact) mass is 278 g/mol. The minimum Gasteiger partial charge on any atom is -0.353 e. The molecule has 1 aliphatic carbocycles. The lowest BCUT2D eigenvalue weighted by molar-refractivity contribution is -0.122. The van der Waals surface area contributed by atoms with E-state index in [1.807, 2.05) is 42.1 Å². The van der Waals surface area contributed by atoms with Crippen molar-refractivity contribution in [3.8, 4) is 0 Å². The normalized spacial score (nSPS) is 19.1. The van der Waals surface area contributed by atoms with Crippen LogP contribution in [0.5, 0.6) is 0 Å². The number of nitrogens with two attached hydrogens (primary N) is 1. The van der Waals surface area contributed by atoms with Gasteiger partial charge in [-0.25, -0.2) is 0 Å². The highest BCUT2D eigenvalue weighted by Crippen LogP contribution is 2.39. The van der Waals surface area contributed by atoms with Crippen molar-refractivity contribution in [2.45, 2.75) is 36.5 Å². The molecule has 0 spiro atoms. The molecule has 1 saturated carbocycles. The first-order valence-electron chi connectivity index (χ1n) is 6.80. The van der Waals surface area contributed by atoms with Crippen molar-refractivity contribution in [1.29, 1.82) is 0 Å². The van der Waals surface area contributed by atoms with Crippen molar-refractivity contribution in [1.82, 2.24) is 5.32 Å². The lowest BCUT2D eigenvalue weighted by Gasteiger charge is -2.27. The van der Waals surface area contributed by atoms with Crippen LogP contribution in [0.15, 0.2) is 30.3 Å². The van der Waals surface area contributed by atoms with Gasteiger partial charge >= 0.3 is 0 Å². The summed E-state index contributed by atoms with van der Waals surface area (Å²) in [5.41, 5.74) is 6.85. The van der Waals surface area contributed by atoms with Crippen molar-refractivity contribution in [3.05, 3.63) is 35.9 Å². The van der Waals surface area contributed by atoms with E-state index < -0.39 is 6.04 Å². The molecular formula is C15H22N2OS. The van der Waals surface area contributed by atoms with Crippen LogP contribution in [0.3, 0.4) is 0 Å². The van der Waals surface area contributed by atoms with E-state index >= 15 is 0 Å². The number of rotatable bonds is 5. The minimum atomic E-state index is -0.568. The maximum atomic E-state index is 12.1. The minimum absolute atomic E-state index is 0.0773. The molecule has 1 fully saturated rings. The fourth-order valence-corrected chi connectivity index (χ4v) is 3.56. The summed E-state index contributed by atoms with van der Waals surface area (Å²) < 4.78 is 0.228. The number of nitrogens with one attached hydrogen (secondary N) is 1. The molecule has 0 radical (unpaired) electrons. The van der Waals surface area contributed by atoms with E-state index in [1.54, 1.807) is 0 Å². The Labute approximate surface area is 119 Å². The highest BCUT2D eigenvalue weighted by Gasteiger charge is 2.33. The summed E-state index contributed by atoms with van der Waals surface area (Å²) in [6.07, 6.45) is 7.04. The summed E-state index contributed by atoms with van der Waals surface area (Å²) in [6, 6.07) is 8.96. The maximum absolute atomic E-state index is 12.1. The Balaban J connectivity index is 1.91. The predicted molar refractivity (Wildman–Crippen MR) is 81.1 cm³/mol. The molecule has 104 valence electrons. The Morgan fingerprint density at radius 2 is 2.00 bits per heavy atom. The lowest BCUT2D eigenvalue weighted by Crippen LogP contribution is -2.42. The van der Waals surface area contributed by atoms with E-state index in [4.69, 9.17) is 5.73 Å². The molecule has 19 heavy (non-hydrogen) atoms. The smallest absolute Gasteiger partial charge is 0.241 e. The van der Waals surface area contributed by atoms with Gasteiger partial charge in [0.15, 0.2) is 0 Å². The first-order chi connectivity index (χ1) is 9.17. The highest BCUT2D eigenvalue weighted by molar-refractivity contribution is 8.00. The van der Waals surface area contributed by atoms with Gasteiger partial charge in [-0.3, -0.25) is 4.79 Å². The Hall–Kier alpha value is -1.00. The predicted octanol–water partition coefficient (Wildman–Crippen LogP) is 2.48. The molecule has 0 heterocycles. The second-order valence-corrected chi connectivity index (χ2v) is 6.47. The first kappa shape index (κ1) is 14.4. The fourth-order valence-electron chi connectivity index (χ4n) is 2.64. The van der Waals surface area contributed by atoms with Crippen molar-refractivity contribution in [2.24, 2.45) is 5.73 Å². The Kier molecular flexibility index (Phi) is 4.88. The number of hydrogen-bond donors (Lipinski definition) is 2. The molecule has 3 N–H and O–H groups in total. The van der Waals surface area contributed by atoms with Gasteiger partial charge in [-0.2, -0.15) is 11.8 Å². The molecule has 1 amide bonds. The molecule has 0 saturated heterocycles. The van der Waals surface area contributed by atoms with Gasteiger partial charge in [-0.05, 0) is 24.7 Å². The highest BCUT2D eigenvalue weighted by atomic mass is 32.2. The summed E-state index contributed by atoms with van der Waals surface area (Å²) in [7, 11) is 0. The van der Waals surface area contributed by atoms with E-state index in [0.29, 0.717) is 0 Å². The van der Waals surface area contributed by atoms with Crippen LogP contribution >= 0.6 is 11.8 Å². The molecule has 4 heteroatoms. The van der Waals surface area contributed by atoms with Gasteiger partial charge in [0.05, 0.1) is 0 Å². The zero-order valence-corrected chi connectivity index (χ0v) is 12.2. The van der Waals surface area contributed by atoms with E-state index in [0.717, 1.165) is 12.1 Å². The topological polar surface area (TPSA) is 55.1 Å². The Morgan fingerprint density at radius 3 is 2.58 bits per heavy atom. The number of carbonyl (C=O) groups is 1. The summed E-state index contributed by atoms with van der Waals surface area (Å²) in [4.78, 5) is 12.1. The van der Waals surface area contributed by atoms with Gasteiger partial charge < -0.3 is 11.1 Å². The van der Waals surface area contributed by atoms with Crippen molar-refractivity contribution in [2.75, 3.05) is 12.8 Å². The molecule has 1 unspecified atom stereocenters. The lowest BCUT2D eigenvalue weighted by atomic mass is 10.1. The zero-order valence-electron chi connectivity index (χ0n) is 11.4. The number of carbonyl (C=O) groups excluding carboxylic acids is 1. The Bertz CT molecular complexity index is 415. The van der Waals surface area contributed by atoms with Crippen LogP contribution in [-0.2, 0) is 4.79 Å². The van der Waals surface area contributed by atoms with Crippen LogP contribution in [0.1, 0.15) is 37.3 Å². The van der Waals surface area contributed by atoms with Gasteiger partial charge in [0.25, 0.3) is 0 Å². The first-order valence-corrected chi connectivity index (χ1v) is 8.03. The molecule has 0 aromatic heterocycles. The quantitative estimate of drug-likeness (QED) is 0.870. The summed E-state index contributed by atoms with van der Waals surface area (Å²) in [6.45, 7) is 0.730. The molecular weight excluding hydrogens is 256 g/mol.